The summed E-state index contributed by atoms with van der Waals surface area (Å²) >= 11 is 0. The van der Waals surface area contributed by atoms with Crippen LogP contribution in [0.15, 0.2) is 119 Å². The molecule has 0 radical (unpaired) electrons. The molecule has 0 unspecified atom stereocenters. The molecule has 0 bridgehead atoms. The fourth-order valence-electron chi connectivity index (χ4n) is 5.15. The minimum absolute atomic E-state index is 0.0677. The number of ether oxygens (including phenoxy) is 2. The second-order valence-corrected chi connectivity index (χ2v) is 10.7. The number of benzene rings is 4. The van der Waals surface area contributed by atoms with Crippen LogP contribution >= 0.6 is 0 Å². The Morgan fingerprint density at radius 2 is 1.66 bits per heavy atom. The predicted octanol–water partition coefficient (Wildman–Crippen LogP) is 7.34. The van der Waals surface area contributed by atoms with E-state index in [4.69, 9.17) is 13.9 Å². The van der Waals surface area contributed by atoms with Crippen molar-refractivity contribution in [2.45, 2.75) is 20.5 Å². The normalized spacial score (nSPS) is 11.1. The van der Waals surface area contributed by atoms with Gasteiger partial charge in [0, 0.05) is 28.3 Å². The molecule has 4 aromatic carbocycles. The Labute approximate surface area is 270 Å². The standard InChI is InChI=1S/C37H31FN4O5/c1-24-10-11-25(2)42(24)29-13-15-30(16-14-29)45-22-31-17-19-35(47-31)37(44)41-39-21-33-32-9-4-3-6-26(32)12-18-34(33)46-23-36(43)40-28-8-5-7-27(38)20-28/h3-21H,22-23H2,1-2H3,(H,40,43)(H,41,44)/b39-21+. The van der Waals surface area contributed by atoms with E-state index in [-0.39, 0.29) is 19.0 Å². The lowest BCUT2D eigenvalue weighted by atomic mass is 10.0. The van der Waals surface area contributed by atoms with Crippen LogP contribution < -0.4 is 20.2 Å². The summed E-state index contributed by atoms with van der Waals surface area (Å²) in [5.74, 6) is 0.114. The lowest BCUT2D eigenvalue weighted by molar-refractivity contribution is -0.118. The highest BCUT2D eigenvalue weighted by Crippen LogP contribution is 2.27. The number of halogens is 1. The van der Waals surface area contributed by atoms with Gasteiger partial charge < -0.3 is 23.8 Å². The first kappa shape index (κ1) is 30.8. The maximum absolute atomic E-state index is 13.5. The van der Waals surface area contributed by atoms with Gasteiger partial charge in [-0.25, -0.2) is 9.82 Å². The number of fused-ring (bicyclic) bond motifs is 1. The number of rotatable bonds is 11. The molecule has 0 saturated heterocycles. The van der Waals surface area contributed by atoms with Gasteiger partial charge in [-0.05, 0) is 97.4 Å². The zero-order chi connectivity index (χ0) is 32.8. The summed E-state index contributed by atoms with van der Waals surface area (Å²) in [4.78, 5) is 25.3. The van der Waals surface area contributed by atoms with Crippen LogP contribution in [0.2, 0.25) is 0 Å². The molecule has 236 valence electrons. The third kappa shape index (κ3) is 7.39. The van der Waals surface area contributed by atoms with Crippen molar-refractivity contribution < 1.29 is 27.9 Å². The van der Waals surface area contributed by atoms with Gasteiger partial charge in [0.25, 0.3) is 5.91 Å². The largest absolute Gasteiger partial charge is 0.486 e. The Bertz CT molecular complexity index is 2060. The van der Waals surface area contributed by atoms with Crippen LogP contribution in [0.5, 0.6) is 11.5 Å². The monoisotopic (exact) mass is 630 g/mol. The minimum atomic E-state index is -0.550. The second kappa shape index (κ2) is 13.9. The number of aromatic nitrogens is 1. The van der Waals surface area contributed by atoms with Crippen LogP contribution in [0, 0.1) is 19.7 Å². The number of nitrogens with zero attached hydrogens (tertiary/aromatic N) is 2. The van der Waals surface area contributed by atoms with E-state index in [9.17, 15) is 14.0 Å². The first-order valence-corrected chi connectivity index (χ1v) is 14.8. The van der Waals surface area contributed by atoms with Crippen LogP contribution in [-0.4, -0.2) is 29.2 Å². The summed E-state index contributed by atoms with van der Waals surface area (Å²) in [5, 5.41) is 8.46. The topological polar surface area (TPSA) is 107 Å². The second-order valence-electron chi connectivity index (χ2n) is 10.7. The number of carbonyl (C=O) groups is 2. The van der Waals surface area contributed by atoms with Gasteiger partial charge in [-0.1, -0.05) is 36.4 Å². The SMILES string of the molecule is Cc1ccc(C)n1-c1ccc(OCc2ccc(C(=O)N/N=C/c3c(OCC(=O)Nc4cccc(F)c4)ccc4ccccc34)o2)cc1. The molecule has 9 nitrogen and oxygen atoms in total. The van der Waals surface area contributed by atoms with Crippen molar-refractivity contribution in [1.29, 1.82) is 0 Å². The Hall–Kier alpha value is -6.16. The van der Waals surface area contributed by atoms with Gasteiger partial charge in [0.1, 0.15) is 29.7 Å². The van der Waals surface area contributed by atoms with Crippen LogP contribution in [0.3, 0.4) is 0 Å². The summed E-state index contributed by atoms with van der Waals surface area (Å²) in [6.07, 6.45) is 1.45. The van der Waals surface area contributed by atoms with Crippen molar-refractivity contribution in [1.82, 2.24) is 9.99 Å². The van der Waals surface area contributed by atoms with Gasteiger partial charge in [0.2, 0.25) is 0 Å². The van der Waals surface area contributed by atoms with E-state index in [2.05, 4.69) is 46.4 Å². The number of amides is 2. The fourth-order valence-corrected chi connectivity index (χ4v) is 5.15. The number of hydrogen-bond donors (Lipinski definition) is 2. The summed E-state index contributed by atoms with van der Waals surface area (Å²) < 4.78 is 33.0. The van der Waals surface area contributed by atoms with Crippen molar-refractivity contribution in [3.63, 3.8) is 0 Å². The molecule has 2 aromatic heterocycles. The lowest BCUT2D eigenvalue weighted by Crippen LogP contribution is -2.20. The van der Waals surface area contributed by atoms with E-state index >= 15 is 0 Å². The minimum Gasteiger partial charge on any atom is -0.486 e. The average molecular weight is 631 g/mol. The van der Waals surface area contributed by atoms with E-state index < -0.39 is 17.6 Å². The Morgan fingerprint density at radius 1 is 0.872 bits per heavy atom. The Balaban J connectivity index is 1.07. The third-order valence-corrected chi connectivity index (χ3v) is 7.39. The molecule has 0 aliphatic rings. The molecular weight excluding hydrogens is 599 g/mol. The number of carbonyl (C=O) groups excluding carboxylic acids is 2. The highest BCUT2D eigenvalue weighted by molar-refractivity contribution is 6.03. The van der Waals surface area contributed by atoms with Crippen molar-refractivity contribution in [3.8, 4) is 17.2 Å². The maximum Gasteiger partial charge on any atom is 0.307 e. The highest BCUT2D eigenvalue weighted by Gasteiger charge is 2.13. The molecule has 10 heteroatoms. The lowest BCUT2D eigenvalue weighted by Gasteiger charge is -2.12. The van der Waals surface area contributed by atoms with Crippen LogP contribution in [0.1, 0.15) is 33.3 Å². The van der Waals surface area contributed by atoms with Gasteiger partial charge in [-0.15, -0.1) is 0 Å². The van der Waals surface area contributed by atoms with Gasteiger partial charge in [0.15, 0.2) is 12.4 Å². The summed E-state index contributed by atoms with van der Waals surface area (Å²) in [6, 6.07) is 31.9. The fraction of sp³-hybridized carbons (Fsp3) is 0.108. The molecule has 0 aliphatic heterocycles. The third-order valence-electron chi connectivity index (χ3n) is 7.39. The quantitative estimate of drug-likeness (QED) is 0.115. The predicted molar refractivity (Wildman–Crippen MR) is 178 cm³/mol. The number of furan rings is 1. The Morgan fingerprint density at radius 3 is 2.45 bits per heavy atom. The van der Waals surface area contributed by atoms with E-state index in [1.807, 2.05) is 54.6 Å². The first-order chi connectivity index (χ1) is 22.8. The summed E-state index contributed by atoms with van der Waals surface area (Å²) in [6.45, 7) is 3.94. The van der Waals surface area contributed by atoms with Crippen LogP contribution in [0.4, 0.5) is 10.1 Å². The smallest absolute Gasteiger partial charge is 0.307 e. The van der Waals surface area contributed by atoms with Gasteiger partial charge >= 0.3 is 5.91 Å². The molecule has 47 heavy (non-hydrogen) atoms. The van der Waals surface area contributed by atoms with E-state index in [1.54, 1.807) is 24.3 Å². The number of nitrogens with one attached hydrogen (secondary N) is 2. The molecule has 2 amide bonds. The number of aryl methyl sites for hydroxylation is 2. The van der Waals surface area contributed by atoms with E-state index in [0.717, 1.165) is 27.8 Å². The van der Waals surface area contributed by atoms with Gasteiger partial charge in [-0.3, -0.25) is 9.59 Å². The van der Waals surface area contributed by atoms with Gasteiger partial charge in [0.05, 0.1) is 6.21 Å². The molecule has 0 atom stereocenters. The molecule has 6 rings (SSSR count). The van der Waals surface area contributed by atoms with Crippen molar-refractivity contribution in [2.75, 3.05) is 11.9 Å². The molecule has 0 fully saturated rings. The summed E-state index contributed by atoms with van der Waals surface area (Å²) in [5.41, 5.74) is 6.70. The number of hydrogen-bond acceptors (Lipinski definition) is 6. The van der Waals surface area contributed by atoms with Crippen molar-refractivity contribution >= 4 is 34.5 Å². The summed E-state index contributed by atoms with van der Waals surface area (Å²) in [7, 11) is 0. The molecular formula is C37H31FN4O5. The zero-order valence-corrected chi connectivity index (χ0v) is 25.7. The molecule has 2 heterocycles. The maximum atomic E-state index is 13.5. The van der Waals surface area contributed by atoms with Gasteiger partial charge in [-0.2, -0.15) is 5.10 Å². The Kier molecular flexibility index (Phi) is 9.10. The van der Waals surface area contributed by atoms with Crippen molar-refractivity contribution in [3.05, 3.63) is 143 Å². The average Bonchev–Trinajstić information content (AvgIpc) is 3.69. The highest BCUT2D eigenvalue weighted by atomic mass is 19.1. The molecule has 0 spiro atoms. The molecule has 0 saturated carbocycles. The molecule has 0 aliphatic carbocycles. The number of anilines is 1. The van der Waals surface area contributed by atoms with E-state index in [0.29, 0.717) is 28.5 Å². The molecule has 6 aromatic rings. The van der Waals surface area contributed by atoms with Crippen molar-refractivity contribution in [2.24, 2.45) is 5.10 Å². The zero-order valence-electron chi connectivity index (χ0n) is 25.7. The van der Waals surface area contributed by atoms with Crippen LogP contribution in [-0.2, 0) is 11.4 Å². The first-order valence-electron chi connectivity index (χ1n) is 14.8. The van der Waals surface area contributed by atoms with E-state index in [1.165, 1.54) is 24.4 Å². The van der Waals surface area contributed by atoms with Crippen LogP contribution in [0.25, 0.3) is 16.5 Å². The number of hydrazone groups is 1. The molecule has 2 N–H and O–H groups in total.